The maximum atomic E-state index is 12.5. The fourth-order valence-corrected chi connectivity index (χ4v) is 3.16. The predicted octanol–water partition coefficient (Wildman–Crippen LogP) is 1.32. The third-order valence-corrected chi connectivity index (χ3v) is 4.65. The first-order chi connectivity index (χ1) is 11.7. The number of aliphatic imine (C=N–C) groups is 2. The molecule has 0 aliphatic heterocycles. The largest absolute Gasteiger partial charge is 0.370 e. The number of aryl methyl sites for hydroxylation is 2. The van der Waals surface area contributed by atoms with Crippen LogP contribution in [0, 0.1) is 13.8 Å². The number of nitrogens with one attached hydrogen (secondary N) is 1. The third kappa shape index (κ3) is 4.95. The zero-order valence-electron chi connectivity index (χ0n) is 13.9. The molecular formula is C16H20N6O2S. The Balaban J connectivity index is 2.26. The van der Waals surface area contributed by atoms with Crippen molar-refractivity contribution < 1.29 is 8.42 Å². The van der Waals surface area contributed by atoms with E-state index in [-0.39, 0.29) is 16.8 Å². The van der Waals surface area contributed by atoms with Gasteiger partial charge in [0.2, 0.25) is 5.96 Å². The molecule has 8 nitrogen and oxygen atoms in total. The first-order valence-corrected chi connectivity index (χ1v) is 8.79. The van der Waals surface area contributed by atoms with E-state index in [0.717, 1.165) is 11.1 Å². The van der Waals surface area contributed by atoms with Crippen LogP contribution < -0.4 is 21.9 Å². The first kappa shape index (κ1) is 18.3. The van der Waals surface area contributed by atoms with Crippen molar-refractivity contribution in [2.24, 2.45) is 27.2 Å². The summed E-state index contributed by atoms with van der Waals surface area (Å²) in [5.74, 6) is -0.331. The normalized spacial score (nSPS) is 11.8. The monoisotopic (exact) mass is 360 g/mol. The summed E-state index contributed by atoms with van der Waals surface area (Å²) in [7, 11) is -3.71. The van der Waals surface area contributed by atoms with Gasteiger partial charge in [-0.25, -0.2) is 13.4 Å². The van der Waals surface area contributed by atoms with Crippen LogP contribution in [-0.2, 0) is 10.0 Å². The van der Waals surface area contributed by atoms with Crippen LogP contribution in [0.2, 0.25) is 0 Å². The van der Waals surface area contributed by atoms with Crippen molar-refractivity contribution in [2.75, 3.05) is 4.72 Å². The number of sulfonamides is 1. The summed E-state index contributed by atoms with van der Waals surface area (Å²) in [4.78, 5) is 7.66. The molecule has 0 fully saturated rings. The minimum Gasteiger partial charge on any atom is -0.370 e. The van der Waals surface area contributed by atoms with Gasteiger partial charge in [-0.1, -0.05) is 12.1 Å². The van der Waals surface area contributed by atoms with Crippen molar-refractivity contribution in [1.82, 2.24) is 0 Å². The molecule has 0 saturated carbocycles. The van der Waals surface area contributed by atoms with Gasteiger partial charge in [-0.05, 0) is 55.3 Å². The summed E-state index contributed by atoms with van der Waals surface area (Å²) >= 11 is 0. The fourth-order valence-electron chi connectivity index (χ4n) is 2.04. The second-order valence-corrected chi connectivity index (χ2v) is 7.11. The van der Waals surface area contributed by atoms with E-state index in [0.29, 0.717) is 11.4 Å². The van der Waals surface area contributed by atoms with Crippen molar-refractivity contribution in [2.45, 2.75) is 18.7 Å². The van der Waals surface area contributed by atoms with Crippen LogP contribution in [-0.4, -0.2) is 20.3 Å². The van der Waals surface area contributed by atoms with Gasteiger partial charge in [0.1, 0.15) is 0 Å². The number of rotatable bonds is 4. The Morgan fingerprint density at radius 3 is 2.24 bits per heavy atom. The van der Waals surface area contributed by atoms with Gasteiger partial charge < -0.3 is 17.2 Å². The molecule has 2 rings (SSSR count). The molecule has 0 amide bonds. The third-order valence-electron chi connectivity index (χ3n) is 3.27. The second-order valence-electron chi connectivity index (χ2n) is 5.42. The van der Waals surface area contributed by atoms with Crippen molar-refractivity contribution in [3.8, 4) is 0 Å². The first-order valence-electron chi connectivity index (χ1n) is 7.31. The average molecular weight is 360 g/mol. The highest BCUT2D eigenvalue weighted by molar-refractivity contribution is 7.92. The molecule has 0 aromatic heterocycles. The average Bonchev–Trinajstić information content (AvgIpc) is 2.50. The molecule has 0 atom stereocenters. The lowest BCUT2D eigenvalue weighted by Crippen LogP contribution is -2.26. The highest BCUT2D eigenvalue weighted by Gasteiger charge is 2.15. The lowest BCUT2D eigenvalue weighted by Gasteiger charge is -2.11. The van der Waals surface area contributed by atoms with Crippen LogP contribution in [0.5, 0.6) is 0 Å². The SMILES string of the molecule is Cc1ccc(C)c(NS(=O)(=O)c2ccc(N=C(N)N=C(N)N)cc2)c1. The van der Waals surface area contributed by atoms with E-state index in [9.17, 15) is 8.42 Å². The summed E-state index contributed by atoms with van der Waals surface area (Å²) in [5.41, 5.74) is 18.7. The second kappa shape index (κ2) is 7.22. The Morgan fingerprint density at radius 2 is 1.64 bits per heavy atom. The topological polar surface area (TPSA) is 149 Å². The highest BCUT2D eigenvalue weighted by atomic mass is 32.2. The van der Waals surface area contributed by atoms with E-state index in [2.05, 4.69) is 14.7 Å². The summed E-state index contributed by atoms with van der Waals surface area (Å²) in [5, 5.41) is 0. The fraction of sp³-hybridized carbons (Fsp3) is 0.125. The molecule has 0 bridgehead atoms. The highest BCUT2D eigenvalue weighted by Crippen LogP contribution is 2.22. The van der Waals surface area contributed by atoms with Crippen molar-refractivity contribution in [3.05, 3.63) is 53.6 Å². The van der Waals surface area contributed by atoms with E-state index in [1.165, 1.54) is 24.3 Å². The van der Waals surface area contributed by atoms with Crippen molar-refractivity contribution in [3.63, 3.8) is 0 Å². The molecule has 2 aromatic rings. The molecule has 0 aliphatic carbocycles. The number of hydrogen-bond donors (Lipinski definition) is 4. The maximum Gasteiger partial charge on any atom is 0.261 e. The summed E-state index contributed by atoms with van der Waals surface area (Å²) in [6.45, 7) is 3.73. The number of nitrogens with zero attached hydrogens (tertiary/aromatic N) is 2. The van der Waals surface area contributed by atoms with Gasteiger partial charge in [0.25, 0.3) is 10.0 Å². The van der Waals surface area contributed by atoms with E-state index in [1.807, 2.05) is 26.0 Å². The number of anilines is 1. The zero-order valence-corrected chi connectivity index (χ0v) is 14.7. The summed E-state index contributed by atoms with van der Waals surface area (Å²) in [6.07, 6.45) is 0. The van der Waals surface area contributed by atoms with Crippen LogP contribution in [0.15, 0.2) is 57.3 Å². The smallest absolute Gasteiger partial charge is 0.261 e. The number of benzene rings is 2. The van der Waals surface area contributed by atoms with Crippen LogP contribution in [0.4, 0.5) is 11.4 Å². The molecule has 0 radical (unpaired) electrons. The van der Waals surface area contributed by atoms with Gasteiger partial charge in [0.15, 0.2) is 5.96 Å². The number of guanidine groups is 2. The standard InChI is InChI=1S/C16H20N6O2S/c1-10-3-4-11(2)14(9-10)22-25(23,24)13-7-5-12(6-8-13)20-16(19)21-15(17)18/h3-9,22H,1-2H3,(H6,17,18,19,20,21). The number of nitrogens with two attached hydrogens (primary N) is 3. The molecule has 0 spiro atoms. The van der Waals surface area contributed by atoms with Gasteiger partial charge in [-0.15, -0.1) is 0 Å². The molecular weight excluding hydrogens is 340 g/mol. The Morgan fingerprint density at radius 1 is 1.00 bits per heavy atom. The van der Waals surface area contributed by atoms with Gasteiger partial charge in [0.05, 0.1) is 16.3 Å². The molecule has 25 heavy (non-hydrogen) atoms. The van der Waals surface area contributed by atoms with Crippen molar-refractivity contribution >= 4 is 33.3 Å². The van der Waals surface area contributed by atoms with Crippen molar-refractivity contribution in [1.29, 1.82) is 0 Å². The zero-order chi connectivity index (χ0) is 18.6. The molecule has 0 unspecified atom stereocenters. The Hall–Kier alpha value is -3.07. The summed E-state index contributed by atoms with van der Waals surface area (Å²) < 4.78 is 27.6. The number of hydrogen-bond acceptors (Lipinski definition) is 3. The Labute approximate surface area is 146 Å². The van der Waals surface area contributed by atoms with Crippen LogP contribution in [0.1, 0.15) is 11.1 Å². The Kier molecular flexibility index (Phi) is 5.28. The van der Waals surface area contributed by atoms with E-state index in [4.69, 9.17) is 17.2 Å². The quantitative estimate of drug-likeness (QED) is 0.479. The van der Waals surface area contributed by atoms with Gasteiger partial charge in [-0.3, -0.25) is 4.72 Å². The van der Waals surface area contributed by atoms with Gasteiger partial charge in [0, 0.05) is 0 Å². The maximum absolute atomic E-state index is 12.5. The van der Waals surface area contributed by atoms with E-state index in [1.54, 1.807) is 6.07 Å². The lowest BCUT2D eigenvalue weighted by atomic mass is 10.1. The minimum atomic E-state index is -3.71. The molecule has 7 N–H and O–H groups in total. The summed E-state index contributed by atoms with van der Waals surface area (Å²) in [6, 6.07) is 11.4. The van der Waals surface area contributed by atoms with Crippen LogP contribution in [0.25, 0.3) is 0 Å². The van der Waals surface area contributed by atoms with E-state index < -0.39 is 10.0 Å². The molecule has 132 valence electrons. The minimum absolute atomic E-state index is 0.104. The van der Waals surface area contributed by atoms with Crippen LogP contribution in [0.3, 0.4) is 0 Å². The molecule has 2 aromatic carbocycles. The van der Waals surface area contributed by atoms with Gasteiger partial charge in [-0.2, -0.15) is 4.99 Å². The predicted molar refractivity (Wildman–Crippen MR) is 100 cm³/mol. The van der Waals surface area contributed by atoms with Crippen LogP contribution >= 0.6 is 0 Å². The lowest BCUT2D eigenvalue weighted by molar-refractivity contribution is 0.601. The van der Waals surface area contributed by atoms with E-state index >= 15 is 0 Å². The molecule has 0 aliphatic rings. The Bertz CT molecular complexity index is 930. The molecule has 9 heteroatoms. The molecule has 0 heterocycles. The van der Waals surface area contributed by atoms with Gasteiger partial charge >= 0.3 is 0 Å². The molecule has 0 saturated heterocycles.